The van der Waals surface area contributed by atoms with Crippen LogP contribution in [0, 0.1) is 0 Å². The third-order valence-corrected chi connectivity index (χ3v) is 5.99. The first-order valence-corrected chi connectivity index (χ1v) is 12.7. The van der Waals surface area contributed by atoms with Gasteiger partial charge in [-0.3, -0.25) is 14.4 Å². The fourth-order valence-electron chi connectivity index (χ4n) is 4.10. The highest BCUT2D eigenvalue weighted by molar-refractivity contribution is 6.00. The van der Waals surface area contributed by atoms with Crippen LogP contribution in [0.4, 0.5) is 0 Å². The van der Waals surface area contributed by atoms with Crippen LogP contribution >= 0.6 is 0 Å². The lowest BCUT2D eigenvalue weighted by Gasteiger charge is -2.24. The van der Waals surface area contributed by atoms with E-state index in [2.05, 4.69) is 10.6 Å². The van der Waals surface area contributed by atoms with Gasteiger partial charge in [0, 0.05) is 30.8 Å². The molecule has 0 aromatic heterocycles. The molecule has 7 nitrogen and oxygen atoms in total. The molecule has 0 spiro atoms. The molecule has 0 heterocycles. The molecule has 7 heteroatoms. The monoisotopic (exact) mass is 501 g/mol. The second-order valence-corrected chi connectivity index (χ2v) is 8.88. The van der Waals surface area contributed by atoms with Gasteiger partial charge in [0.1, 0.15) is 0 Å². The van der Waals surface area contributed by atoms with E-state index < -0.39 is 24.0 Å². The topological polar surface area (TPSA) is 98.7 Å². The number of hydrogen-bond donors (Lipinski definition) is 3. The van der Waals surface area contributed by atoms with Gasteiger partial charge in [0.05, 0.1) is 6.04 Å². The quantitative estimate of drug-likeness (QED) is 0.348. The molecule has 3 amide bonds. The lowest BCUT2D eigenvalue weighted by molar-refractivity contribution is -0.130. The van der Waals surface area contributed by atoms with Crippen molar-refractivity contribution in [1.29, 1.82) is 0 Å². The SMILES string of the molecule is CCCN(CCC)C(=O)c1cccc(C(=O)N[C@@H](c2ccccc2)C(O)C(=O)NCc2ccccc2)c1. The second kappa shape index (κ2) is 13.9. The molecular formula is C30H35N3O4. The van der Waals surface area contributed by atoms with Gasteiger partial charge in [-0.1, -0.05) is 80.6 Å². The molecular weight excluding hydrogens is 466 g/mol. The summed E-state index contributed by atoms with van der Waals surface area (Å²) in [5, 5.41) is 16.5. The lowest BCUT2D eigenvalue weighted by atomic mass is 9.99. The number of benzene rings is 3. The van der Waals surface area contributed by atoms with Gasteiger partial charge in [-0.05, 0) is 42.2 Å². The molecule has 2 atom stereocenters. The smallest absolute Gasteiger partial charge is 0.253 e. The molecule has 3 aromatic rings. The van der Waals surface area contributed by atoms with E-state index in [0.717, 1.165) is 18.4 Å². The van der Waals surface area contributed by atoms with Crippen LogP contribution in [0.2, 0.25) is 0 Å². The average molecular weight is 502 g/mol. The van der Waals surface area contributed by atoms with Crippen molar-refractivity contribution in [3.63, 3.8) is 0 Å². The van der Waals surface area contributed by atoms with Crippen molar-refractivity contribution in [2.24, 2.45) is 0 Å². The van der Waals surface area contributed by atoms with Gasteiger partial charge in [0.15, 0.2) is 6.10 Å². The predicted octanol–water partition coefficient (Wildman–Crippen LogP) is 4.10. The van der Waals surface area contributed by atoms with E-state index in [4.69, 9.17) is 0 Å². The van der Waals surface area contributed by atoms with Crippen molar-refractivity contribution in [1.82, 2.24) is 15.5 Å². The largest absolute Gasteiger partial charge is 0.381 e. The van der Waals surface area contributed by atoms with Crippen LogP contribution in [-0.4, -0.2) is 46.9 Å². The van der Waals surface area contributed by atoms with Crippen LogP contribution < -0.4 is 10.6 Å². The van der Waals surface area contributed by atoms with E-state index in [0.29, 0.717) is 24.2 Å². The molecule has 0 aliphatic carbocycles. The fraction of sp³-hybridized carbons (Fsp3) is 0.300. The molecule has 0 saturated carbocycles. The van der Waals surface area contributed by atoms with Crippen LogP contribution in [0.15, 0.2) is 84.9 Å². The highest BCUT2D eigenvalue weighted by atomic mass is 16.3. The summed E-state index contributed by atoms with van der Waals surface area (Å²) in [5.74, 6) is -1.22. The average Bonchev–Trinajstić information content (AvgIpc) is 2.94. The van der Waals surface area contributed by atoms with Crippen LogP contribution in [0.3, 0.4) is 0 Å². The second-order valence-electron chi connectivity index (χ2n) is 8.88. The van der Waals surface area contributed by atoms with Gasteiger partial charge in [0.2, 0.25) is 0 Å². The summed E-state index contributed by atoms with van der Waals surface area (Å²) in [6, 6.07) is 23.8. The molecule has 0 aliphatic rings. The van der Waals surface area contributed by atoms with E-state index in [1.165, 1.54) is 0 Å². The summed E-state index contributed by atoms with van der Waals surface area (Å²) >= 11 is 0. The molecule has 1 unspecified atom stereocenters. The summed E-state index contributed by atoms with van der Waals surface area (Å²) in [5.41, 5.74) is 2.18. The van der Waals surface area contributed by atoms with Crippen molar-refractivity contribution in [3.8, 4) is 0 Å². The maximum absolute atomic E-state index is 13.3. The summed E-state index contributed by atoms with van der Waals surface area (Å²) in [6.45, 7) is 5.57. The Hall–Kier alpha value is -3.97. The molecule has 0 bridgehead atoms. The Morgan fingerprint density at radius 2 is 1.41 bits per heavy atom. The zero-order valence-corrected chi connectivity index (χ0v) is 21.4. The van der Waals surface area contributed by atoms with Crippen molar-refractivity contribution < 1.29 is 19.5 Å². The van der Waals surface area contributed by atoms with Gasteiger partial charge < -0.3 is 20.6 Å². The Labute approximate surface area is 218 Å². The highest BCUT2D eigenvalue weighted by Gasteiger charge is 2.29. The molecule has 0 fully saturated rings. The zero-order chi connectivity index (χ0) is 26.6. The predicted molar refractivity (Wildman–Crippen MR) is 144 cm³/mol. The Kier molecular flexibility index (Phi) is 10.4. The Bertz CT molecular complexity index is 1160. The van der Waals surface area contributed by atoms with Crippen LogP contribution in [-0.2, 0) is 11.3 Å². The molecule has 0 aliphatic heterocycles. The number of rotatable bonds is 12. The maximum atomic E-state index is 13.3. The maximum Gasteiger partial charge on any atom is 0.253 e. The first kappa shape index (κ1) is 27.6. The lowest BCUT2D eigenvalue weighted by Crippen LogP contribution is -2.45. The van der Waals surface area contributed by atoms with Gasteiger partial charge in [0.25, 0.3) is 17.7 Å². The van der Waals surface area contributed by atoms with Gasteiger partial charge in [-0.15, -0.1) is 0 Å². The molecule has 0 saturated heterocycles. The molecule has 37 heavy (non-hydrogen) atoms. The van der Waals surface area contributed by atoms with Gasteiger partial charge >= 0.3 is 0 Å². The van der Waals surface area contributed by atoms with Crippen LogP contribution in [0.5, 0.6) is 0 Å². The molecule has 3 aromatic carbocycles. The van der Waals surface area contributed by atoms with Gasteiger partial charge in [-0.25, -0.2) is 0 Å². The number of aliphatic hydroxyl groups excluding tert-OH is 1. The Morgan fingerprint density at radius 1 is 0.811 bits per heavy atom. The molecule has 194 valence electrons. The number of carbonyl (C=O) groups is 3. The number of nitrogens with one attached hydrogen (secondary N) is 2. The number of carbonyl (C=O) groups excluding carboxylic acids is 3. The Balaban J connectivity index is 1.78. The van der Waals surface area contributed by atoms with Crippen molar-refractivity contribution in [2.45, 2.75) is 45.4 Å². The third kappa shape index (κ3) is 7.75. The number of hydrogen-bond acceptors (Lipinski definition) is 4. The van der Waals surface area contributed by atoms with Crippen molar-refractivity contribution in [3.05, 3.63) is 107 Å². The first-order valence-electron chi connectivity index (χ1n) is 12.7. The summed E-state index contributed by atoms with van der Waals surface area (Å²) < 4.78 is 0. The van der Waals surface area contributed by atoms with Gasteiger partial charge in [-0.2, -0.15) is 0 Å². The summed E-state index contributed by atoms with van der Waals surface area (Å²) in [4.78, 5) is 40.9. The molecule has 0 radical (unpaired) electrons. The van der Waals surface area contributed by atoms with Crippen molar-refractivity contribution in [2.75, 3.05) is 13.1 Å². The zero-order valence-electron chi connectivity index (χ0n) is 21.4. The van der Waals surface area contributed by atoms with E-state index in [-0.39, 0.29) is 18.0 Å². The Morgan fingerprint density at radius 3 is 2.03 bits per heavy atom. The number of aliphatic hydroxyl groups is 1. The number of nitrogens with zero attached hydrogens (tertiary/aromatic N) is 1. The van der Waals surface area contributed by atoms with Crippen molar-refractivity contribution >= 4 is 17.7 Å². The van der Waals surface area contributed by atoms with E-state index in [1.54, 1.807) is 53.4 Å². The summed E-state index contributed by atoms with van der Waals surface area (Å²) in [7, 11) is 0. The normalized spacial score (nSPS) is 12.3. The van der Waals surface area contributed by atoms with Crippen LogP contribution in [0.1, 0.15) is 64.6 Å². The standard InChI is InChI=1S/C30H35N3O4/c1-3-18-33(19-4-2)30(37)25-17-11-16-24(20-25)28(35)32-26(23-14-9-6-10-15-23)27(34)29(36)31-21-22-12-7-5-8-13-22/h5-17,20,26-27,34H,3-4,18-19,21H2,1-2H3,(H,31,36)(H,32,35)/t26-,27?/m0/s1. The van der Waals surface area contributed by atoms with E-state index in [1.807, 2.05) is 50.2 Å². The minimum Gasteiger partial charge on any atom is -0.381 e. The minimum absolute atomic E-state index is 0.127. The molecule has 3 N–H and O–H groups in total. The van der Waals surface area contributed by atoms with Crippen LogP contribution in [0.25, 0.3) is 0 Å². The highest BCUT2D eigenvalue weighted by Crippen LogP contribution is 2.19. The van der Waals surface area contributed by atoms with E-state index in [9.17, 15) is 19.5 Å². The molecule has 3 rings (SSSR count). The summed E-state index contributed by atoms with van der Waals surface area (Å²) in [6.07, 6.45) is 0.161. The third-order valence-electron chi connectivity index (χ3n) is 5.99. The fourth-order valence-corrected chi connectivity index (χ4v) is 4.10. The minimum atomic E-state index is -1.52. The van der Waals surface area contributed by atoms with E-state index >= 15 is 0 Å². The number of amides is 3. The first-order chi connectivity index (χ1) is 17.9.